The van der Waals surface area contributed by atoms with Gasteiger partial charge in [-0.2, -0.15) is 0 Å². The maximum absolute atomic E-state index is 13.0. The Morgan fingerprint density at radius 1 is 1.40 bits per heavy atom. The molecule has 0 atom stereocenters. The van der Waals surface area contributed by atoms with Crippen molar-refractivity contribution in [3.05, 3.63) is 46.8 Å². The van der Waals surface area contributed by atoms with Crippen molar-refractivity contribution in [2.45, 2.75) is 26.4 Å². The second-order valence-corrected chi connectivity index (χ2v) is 6.32. The van der Waals surface area contributed by atoms with Crippen molar-refractivity contribution in [3.63, 3.8) is 0 Å². The summed E-state index contributed by atoms with van der Waals surface area (Å²) < 4.78 is 23.5. The molecule has 0 fully saturated rings. The van der Waals surface area contributed by atoms with Gasteiger partial charge in [0.15, 0.2) is 0 Å². The maximum atomic E-state index is 13.0. The summed E-state index contributed by atoms with van der Waals surface area (Å²) in [6.07, 6.45) is 1.04. The Bertz CT molecular complexity index is 840. The Hall–Kier alpha value is -2.90. The molecule has 0 saturated carbocycles. The Balaban J connectivity index is 1.94. The SMILES string of the molecule is CC(C)(C)OC(=O)NCC(=CF)COc1ccc2nc[nH]c(=O)c2c1. The summed E-state index contributed by atoms with van der Waals surface area (Å²) in [5.41, 5.74) is -0.176. The molecule has 8 heteroatoms. The number of H-pyrrole nitrogens is 1. The van der Waals surface area contributed by atoms with Gasteiger partial charge < -0.3 is 19.8 Å². The van der Waals surface area contributed by atoms with E-state index >= 15 is 0 Å². The van der Waals surface area contributed by atoms with Gasteiger partial charge in [0.1, 0.15) is 18.0 Å². The number of aromatic nitrogens is 2. The van der Waals surface area contributed by atoms with E-state index in [2.05, 4.69) is 15.3 Å². The van der Waals surface area contributed by atoms with Crippen LogP contribution in [0.5, 0.6) is 5.75 Å². The number of aromatic amines is 1. The topological polar surface area (TPSA) is 93.3 Å². The molecule has 1 aromatic heterocycles. The zero-order chi connectivity index (χ0) is 18.4. The van der Waals surface area contributed by atoms with E-state index in [0.29, 0.717) is 23.0 Å². The van der Waals surface area contributed by atoms with E-state index in [1.165, 1.54) is 12.4 Å². The van der Waals surface area contributed by atoms with Gasteiger partial charge in [-0.15, -0.1) is 0 Å². The van der Waals surface area contributed by atoms with Crippen molar-refractivity contribution in [1.82, 2.24) is 15.3 Å². The van der Waals surface area contributed by atoms with Gasteiger partial charge in [-0.1, -0.05) is 0 Å². The van der Waals surface area contributed by atoms with Crippen molar-refractivity contribution >= 4 is 17.0 Å². The highest BCUT2D eigenvalue weighted by Gasteiger charge is 2.16. The number of carbonyl (C=O) groups is 1. The molecule has 0 unspecified atom stereocenters. The Morgan fingerprint density at radius 3 is 2.84 bits per heavy atom. The predicted octanol–water partition coefficient (Wildman–Crippen LogP) is 2.68. The average Bonchev–Trinajstić information content (AvgIpc) is 2.54. The summed E-state index contributed by atoms with van der Waals surface area (Å²) in [6, 6.07) is 4.79. The molecule has 0 radical (unpaired) electrons. The summed E-state index contributed by atoms with van der Waals surface area (Å²) in [6.45, 7) is 5.06. The Kier molecular flexibility index (Phi) is 5.74. The third kappa shape index (κ3) is 5.59. The Morgan fingerprint density at radius 2 is 2.16 bits per heavy atom. The molecule has 0 aliphatic carbocycles. The van der Waals surface area contributed by atoms with Crippen LogP contribution in [0.4, 0.5) is 9.18 Å². The minimum atomic E-state index is -0.643. The molecule has 7 nitrogen and oxygen atoms in total. The number of ether oxygens (including phenoxy) is 2. The number of benzene rings is 1. The van der Waals surface area contributed by atoms with Crippen molar-refractivity contribution in [1.29, 1.82) is 0 Å². The lowest BCUT2D eigenvalue weighted by molar-refractivity contribution is 0.0531. The van der Waals surface area contributed by atoms with Crippen LogP contribution in [-0.2, 0) is 4.74 Å². The minimum absolute atomic E-state index is 0.0544. The normalized spacial score (nSPS) is 12.1. The number of nitrogens with zero attached hydrogens (tertiary/aromatic N) is 1. The van der Waals surface area contributed by atoms with Crippen molar-refractivity contribution < 1.29 is 18.7 Å². The molecule has 1 amide bonds. The molecule has 0 aliphatic heterocycles. The van der Waals surface area contributed by atoms with Crippen molar-refractivity contribution in [2.24, 2.45) is 0 Å². The number of amides is 1. The fourth-order valence-electron chi connectivity index (χ4n) is 1.93. The molecule has 1 aromatic carbocycles. The molecule has 25 heavy (non-hydrogen) atoms. The second kappa shape index (κ2) is 7.78. The third-order valence-electron chi connectivity index (χ3n) is 3.05. The summed E-state index contributed by atoms with van der Waals surface area (Å²) >= 11 is 0. The highest BCUT2D eigenvalue weighted by molar-refractivity contribution is 5.78. The van der Waals surface area contributed by atoms with Crippen LogP contribution in [0.3, 0.4) is 0 Å². The molecule has 0 aliphatic rings. The van der Waals surface area contributed by atoms with Crippen LogP contribution in [0.25, 0.3) is 10.9 Å². The summed E-state index contributed by atoms with van der Waals surface area (Å²) in [5.74, 6) is 0.391. The molecular formula is C17H20FN3O4. The van der Waals surface area contributed by atoms with Gasteiger partial charge in [0.05, 0.1) is 23.6 Å². The van der Waals surface area contributed by atoms with E-state index in [9.17, 15) is 14.0 Å². The number of halogens is 1. The van der Waals surface area contributed by atoms with Gasteiger partial charge in [-0.05, 0) is 39.0 Å². The lowest BCUT2D eigenvalue weighted by atomic mass is 10.2. The largest absolute Gasteiger partial charge is 0.489 e. The van der Waals surface area contributed by atoms with Crippen LogP contribution in [0.15, 0.2) is 41.2 Å². The average molecular weight is 349 g/mol. The number of nitrogens with one attached hydrogen (secondary N) is 2. The zero-order valence-corrected chi connectivity index (χ0v) is 14.3. The van der Waals surface area contributed by atoms with Gasteiger partial charge in [0.2, 0.25) is 0 Å². The highest BCUT2D eigenvalue weighted by Crippen LogP contribution is 2.17. The van der Waals surface area contributed by atoms with E-state index in [1.54, 1.807) is 32.9 Å². The third-order valence-corrected chi connectivity index (χ3v) is 3.05. The lowest BCUT2D eigenvalue weighted by Gasteiger charge is -2.20. The smallest absolute Gasteiger partial charge is 0.407 e. The molecule has 0 spiro atoms. The van der Waals surface area contributed by atoms with Crippen LogP contribution >= 0.6 is 0 Å². The molecule has 0 bridgehead atoms. The fraction of sp³-hybridized carbons (Fsp3) is 0.353. The van der Waals surface area contributed by atoms with Crippen molar-refractivity contribution in [2.75, 3.05) is 13.2 Å². The fourth-order valence-corrected chi connectivity index (χ4v) is 1.93. The van der Waals surface area contributed by atoms with Crippen molar-refractivity contribution in [3.8, 4) is 5.75 Å². The minimum Gasteiger partial charge on any atom is -0.489 e. The molecule has 2 N–H and O–H groups in total. The van der Waals surface area contributed by atoms with Gasteiger partial charge >= 0.3 is 6.09 Å². The van der Waals surface area contributed by atoms with Gasteiger partial charge in [-0.3, -0.25) is 4.79 Å². The standard InChI is InChI=1S/C17H20FN3O4/c1-17(2,3)25-16(23)19-8-11(7-18)9-24-12-4-5-14-13(6-12)15(22)21-10-20-14/h4-7,10H,8-9H2,1-3H3,(H,19,23)(H,20,21,22). The van der Waals surface area contributed by atoms with Crippen LogP contribution in [0.1, 0.15) is 20.8 Å². The predicted molar refractivity (Wildman–Crippen MR) is 91.3 cm³/mol. The monoisotopic (exact) mass is 349 g/mol. The highest BCUT2D eigenvalue weighted by atomic mass is 19.1. The van der Waals surface area contributed by atoms with Gasteiger partial charge in [-0.25, -0.2) is 14.2 Å². The number of hydrogen-bond acceptors (Lipinski definition) is 5. The van der Waals surface area contributed by atoms with Gasteiger partial charge in [0.25, 0.3) is 5.56 Å². The number of hydrogen-bond donors (Lipinski definition) is 2. The van der Waals surface area contributed by atoms with E-state index in [0.717, 1.165) is 0 Å². The van der Waals surface area contributed by atoms with E-state index < -0.39 is 11.7 Å². The number of fused-ring (bicyclic) bond motifs is 1. The van der Waals surface area contributed by atoms with Crippen LogP contribution < -0.4 is 15.6 Å². The second-order valence-electron chi connectivity index (χ2n) is 6.32. The zero-order valence-electron chi connectivity index (χ0n) is 14.3. The first-order chi connectivity index (χ1) is 11.8. The molecule has 1 heterocycles. The number of rotatable bonds is 5. The first-order valence-electron chi connectivity index (χ1n) is 7.64. The molecule has 0 saturated heterocycles. The van der Waals surface area contributed by atoms with Crippen LogP contribution in [0, 0.1) is 0 Å². The van der Waals surface area contributed by atoms with Crippen LogP contribution in [0.2, 0.25) is 0 Å². The van der Waals surface area contributed by atoms with E-state index in [1.807, 2.05) is 0 Å². The summed E-state index contributed by atoms with van der Waals surface area (Å²) in [7, 11) is 0. The number of alkyl carbamates (subject to hydrolysis) is 1. The Labute approximate surface area is 143 Å². The van der Waals surface area contributed by atoms with Gasteiger partial charge in [0, 0.05) is 12.1 Å². The molecule has 2 rings (SSSR count). The summed E-state index contributed by atoms with van der Waals surface area (Å²) in [4.78, 5) is 29.8. The molecule has 2 aromatic rings. The molecule has 134 valence electrons. The van der Waals surface area contributed by atoms with E-state index in [-0.39, 0.29) is 24.3 Å². The summed E-state index contributed by atoms with van der Waals surface area (Å²) in [5, 5.41) is 2.82. The van der Waals surface area contributed by atoms with Crippen LogP contribution in [-0.4, -0.2) is 34.8 Å². The quantitative estimate of drug-likeness (QED) is 0.866. The maximum Gasteiger partial charge on any atom is 0.407 e. The molecular weight excluding hydrogens is 329 g/mol. The number of carbonyl (C=O) groups excluding carboxylic acids is 1. The first-order valence-corrected chi connectivity index (χ1v) is 7.64. The lowest BCUT2D eigenvalue weighted by Crippen LogP contribution is -2.34. The van der Waals surface area contributed by atoms with E-state index in [4.69, 9.17) is 9.47 Å². The first kappa shape index (κ1) is 18.4.